The van der Waals surface area contributed by atoms with Crippen LogP contribution in [0.2, 0.25) is 0 Å². The molecule has 5 nitrogen and oxygen atoms in total. The van der Waals surface area contributed by atoms with E-state index >= 15 is 0 Å². The van der Waals surface area contributed by atoms with E-state index in [-0.39, 0.29) is 4.90 Å². The van der Waals surface area contributed by atoms with Crippen molar-refractivity contribution in [1.29, 1.82) is 0 Å². The number of hydrogen-bond donors (Lipinski definition) is 1. The number of rotatable bonds is 12. The molecule has 1 heterocycles. The Balaban J connectivity index is 0.000000326. The molecule has 0 aliphatic carbocycles. The molecule has 1 aliphatic rings. The van der Waals surface area contributed by atoms with Gasteiger partial charge in [-0.05, 0) is 25.5 Å². The van der Waals surface area contributed by atoms with Crippen molar-refractivity contribution in [1.82, 2.24) is 9.80 Å². The number of unbranched alkanes of at least 4 members (excludes halogenated alkanes) is 9. The molecule has 0 amide bonds. The molecule has 0 saturated heterocycles. The highest BCUT2D eigenvalue weighted by molar-refractivity contribution is 7.85. The lowest BCUT2D eigenvalue weighted by molar-refractivity contribution is 0.290. The minimum atomic E-state index is -4.02. The van der Waals surface area contributed by atoms with E-state index in [9.17, 15) is 8.42 Å². The van der Waals surface area contributed by atoms with Gasteiger partial charge in [0, 0.05) is 26.0 Å². The lowest BCUT2D eigenvalue weighted by atomic mass is 10.1. The molecule has 0 spiro atoms. The molecule has 2 rings (SSSR count). The summed E-state index contributed by atoms with van der Waals surface area (Å²) in [6.45, 7) is 6.44. The summed E-state index contributed by atoms with van der Waals surface area (Å²) >= 11 is 0. The van der Waals surface area contributed by atoms with Crippen molar-refractivity contribution in [2.75, 3.05) is 20.3 Å². The van der Waals surface area contributed by atoms with E-state index in [0.29, 0.717) is 0 Å². The Morgan fingerprint density at radius 1 is 0.862 bits per heavy atom. The van der Waals surface area contributed by atoms with E-state index in [1.807, 2.05) is 6.92 Å². The molecule has 1 aromatic carbocycles. The van der Waals surface area contributed by atoms with E-state index < -0.39 is 10.1 Å². The first-order valence-corrected chi connectivity index (χ1v) is 12.4. The normalized spacial score (nSPS) is 13.5. The van der Waals surface area contributed by atoms with Gasteiger partial charge in [0.25, 0.3) is 10.1 Å². The summed E-state index contributed by atoms with van der Waals surface area (Å²) in [7, 11) is -1.89. The van der Waals surface area contributed by atoms with Crippen LogP contribution in [0.4, 0.5) is 0 Å². The van der Waals surface area contributed by atoms with Crippen LogP contribution in [-0.4, -0.2) is 43.0 Å². The van der Waals surface area contributed by atoms with Gasteiger partial charge in [-0.2, -0.15) is 8.42 Å². The van der Waals surface area contributed by atoms with Crippen LogP contribution in [0.25, 0.3) is 0 Å². The highest BCUT2D eigenvalue weighted by Gasteiger charge is 2.07. The van der Waals surface area contributed by atoms with Crippen LogP contribution in [0.1, 0.15) is 76.7 Å². The Kier molecular flexibility index (Phi) is 12.7. The van der Waals surface area contributed by atoms with Gasteiger partial charge in [0.2, 0.25) is 0 Å². The van der Waals surface area contributed by atoms with Gasteiger partial charge in [-0.25, -0.2) is 0 Å². The van der Waals surface area contributed by atoms with Crippen molar-refractivity contribution in [3.63, 3.8) is 0 Å². The second kappa shape index (κ2) is 14.5. The lowest BCUT2D eigenvalue weighted by Crippen LogP contribution is -2.23. The monoisotopic (exact) mass is 424 g/mol. The topological polar surface area (TPSA) is 60.9 Å². The fourth-order valence-electron chi connectivity index (χ4n) is 3.25. The number of aryl methyl sites for hydroxylation is 1. The molecule has 0 fully saturated rings. The molecule has 0 atom stereocenters. The Labute approximate surface area is 178 Å². The van der Waals surface area contributed by atoms with Gasteiger partial charge in [0.1, 0.15) is 0 Å². The average Bonchev–Trinajstić information content (AvgIpc) is 3.08. The van der Waals surface area contributed by atoms with Crippen molar-refractivity contribution >= 4 is 10.1 Å². The highest BCUT2D eigenvalue weighted by Crippen LogP contribution is 2.12. The van der Waals surface area contributed by atoms with Gasteiger partial charge >= 0.3 is 0 Å². The number of nitrogens with zero attached hydrogens (tertiary/aromatic N) is 2. The Morgan fingerprint density at radius 2 is 1.38 bits per heavy atom. The predicted octanol–water partition coefficient (Wildman–Crippen LogP) is 5.83. The Bertz CT molecular complexity index is 672. The third-order valence-corrected chi connectivity index (χ3v) is 5.92. The maximum absolute atomic E-state index is 10.5. The predicted molar refractivity (Wildman–Crippen MR) is 121 cm³/mol. The summed E-state index contributed by atoms with van der Waals surface area (Å²) in [6.07, 6.45) is 18.6. The van der Waals surface area contributed by atoms with Crippen LogP contribution in [0.3, 0.4) is 0 Å². The summed E-state index contributed by atoms with van der Waals surface area (Å²) in [6, 6.07) is 5.99. The van der Waals surface area contributed by atoms with Crippen molar-refractivity contribution < 1.29 is 13.0 Å². The third kappa shape index (κ3) is 12.6. The quantitative estimate of drug-likeness (QED) is 0.338. The molecule has 1 aromatic rings. The van der Waals surface area contributed by atoms with Gasteiger partial charge in [-0.1, -0.05) is 82.4 Å². The van der Waals surface area contributed by atoms with E-state index in [1.54, 1.807) is 12.1 Å². The zero-order valence-corrected chi connectivity index (χ0v) is 19.3. The zero-order chi connectivity index (χ0) is 21.5. The second-order valence-corrected chi connectivity index (χ2v) is 9.40. The maximum atomic E-state index is 10.5. The summed E-state index contributed by atoms with van der Waals surface area (Å²) in [5.74, 6) is 0. The van der Waals surface area contributed by atoms with Crippen LogP contribution in [0.15, 0.2) is 41.6 Å². The summed E-state index contributed by atoms with van der Waals surface area (Å²) in [5.41, 5.74) is 0.956. The van der Waals surface area contributed by atoms with Crippen LogP contribution in [-0.2, 0) is 10.1 Å². The minimum Gasteiger partial charge on any atom is -0.362 e. The fourth-order valence-corrected chi connectivity index (χ4v) is 3.73. The molecular formula is C23H40N2O3S. The largest absolute Gasteiger partial charge is 0.362 e. The molecule has 0 radical (unpaired) electrons. The van der Waals surface area contributed by atoms with Crippen molar-refractivity contribution in [3.8, 4) is 0 Å². The molecule has 1 aliphatic heterocycles. The second-order valence-electron chi connectivity index (χ2n) is 7.98. The van der Waals surface area contributed by atoms with E-state index in [2.05, 4.69) is 36.2 Å². The van der Waals surface area contributed by atoms with Crippen molar-refractivity contribution in [3.05, 3.63) is 42.2 Å². The summed E-state index contributed by atoms with van der Waals surface area (Å²) in [4.78, 5) is 4.57. The highest BCUT2D eigenvalue weighted by atomic mass is 32.2. The number of benzene rings is 1. The first-order chi connectivity index (χ1) is 13.8. The molecule has 6 heteroatoms. The van der Waals surface area contributed by atoms with Crippen molar-refractivity contribution in [2.24, 2.45) is 0 Å². The molecule has 0 bridgehead atoms. The van der Waals surface area contributed by atoms with E-state index in [4.69, 9.17) is 4.55 Å². The molecule has 166 valence electrons. The van der Waals surface area contributed by atoms with Crippen LogP contribution in [0, 0.1) is 6.92 Å². The maximum Gasteiger partial charge on any atom is 0.294 e. The van der Waals surface area contributed by atoms with Crippen LogP contribution < -0.4 is 0 Å². The molecule has 0 unspecified atom stereocenters. The van der Waals surface area contributed by atoms with Gasteiger partial charge in [0.15, 0.2) is 0 Å². The Morgan fingerprint density at radius 3 is 1.83 bits per heavy atom. The fraction of sp³-hybridized carbons (Fsp3) is 0.652. The first kappa shape index (κ1) is 25.5. The van der Waals surface area contributed by atoms with Gasteiger partial charge < -0.3 is 9.80 Å². The van der Waals surface area contributed by atoms with Gasteiger partial charge in [-0.15, -0.1) is 0 Å². The SMILES string of the molecule is CCCCCCCCCCCCN1C=CN(C)C1.Cc1ccc(S(=O)(=O)O)cc1. The van der Waals surface area contributed by atoms with Crippen LogP contribution >= 0.6 is 0 Å². The summed E-state index contributed by atoms with van der Waals surface area (Å²) in [5, 5.41) is 0. The van der Waals surface area contributed by atoms with Gasteiger partial charge in [-0.3, -0.25) is 4.55 Å². The average molecular weight is 425 g/mol. The van der Waals surface area contributed by atoms with Crippen LogP contribution in [0.5, 0.6) is 0 Å². The molecule has 0 aromatic heterocycles. The smallest absolute Gasteiger partial charge is 0.294 e. The van der Waals surface area contributed by atoms with E-state index in [1.165, 1.54) is 82.9 Å². The minimum absolute atomic E-state index is 0.0666. The van der Waals surface area contributed by atoms with Crippen molar-refractivity contribution in [2.45, 2.75) is 83.0 Å². The molecule has 29 heavy (non-hydrogen) atoms. The standard InChI is InChI=1S/C16H32N2.C7H8O3S/c1-3-4-5-6-7-8-9-10-11-12-13-18-15-14-17(2)16-18;1-6-2-4-7(5-3-6)11(8,9)10/h14-15H,3-13,16H2,1-2H3;2-5H,1H3,(H,8,9,10). The third-order valence-electron chi connectivity index (χ3n) is 5.05. The summed E-state index contributed by atoms with van der Waals surface area (Å²) < 4.78 is 29.6. The molecule has 1 N–H and O–H groups in total. The zero-order valence-electron chi connectivity index (χ0n) is 18.5. The lowest BCUT2D eigenvalue weighted by Gasteiger charge is -2.17. The van der Waals surface area contributed by atoms with Gasteiger partial charge in [0.05, 0.1) is 11.6 Å². The number of hydrogen-bond acceptors (Lipinski definition) is 4. The van der Waals surface area contributed by atoms with E-state index in [0.717, 1.165) is 12.2 Å². The Hall–Kier alpha value is -1.53. The molecular weight excluding hydrogens is 384 g/mol. The molecule has 0 saturated carbocycles. The first-order valence-electron chi connectivity index (χ1n) is 11.0.